The van der Waals surface area contributed by atoms with Gasteiger partial charge in [0.1, 0.15) is 0 Å². The van der Waals surface area contributed by atoms with Crippen molar-refractivity contribution in [2.45, 2.75) is 11.8 Å². The summed E-state index contributed by atoms with van der Waals surface area (Å²) < 4.78 is 6.05. The Morgan fingerprint density at radius 2 is 1.96 bits per heavy atom. The third-order valence-electron chi connectivity index (χ3n) is 2.87. The number of ether oxygens (including phenoxy) is 1. The van der Waals surface area contributed by atoms with E-state index in [1.807, 2.05) is 24.3 Å². The molecule has 0 saturated heterocycles. The summed E-state index contributed by atoms with van der Waals surface area (Å²) in [7, 11) is 0. The van der Waals surface area contributed by atoms with Crippen LogP contribution in [-0.4, -0.2) is 12.6 Å². The highest BCUT2D eigenvalue weighted by Gasteiger charge is 2.14. The SMILES string of the molecule is CCOC(=O)/C(=C/c1ccc(C#N)cc1)Sc1ccccc1Br. The van der Waals surface area contributed by atoms with Crippen molar-refractivity contribution in [1.82, 2.24) is 0 Å². The van der Waals surface area contributed by atoms with Crippen molar-refractivity contribution in [2.75, 3.05) is 6.61 Å². The zero-order valence-corrected chi connectivity index (χ0v) is 14.9. The maximum absolute atomic E-state index is 12.2. The monoisotopic (exact) mass is 387 g/mol. The van der Waals surface area contributed by atoms with Gasteiger partial charge in [-0.2, -0.15) is 5.26 Å². The molecule has 0 atom stereocenters. The van der Waals surface area contributed by atoms with Gasteiger partial charge in [-0.3, -0.25) is 0 Å². The van der Waals surface area contributed by atoms with Gasteiger partial charge in [0.05, 0.1) is 23.1 Å². The Morgan fingerprint density at radius 1 is 1.26 bits per heavy atom. The van der Waals surface area contributed by atoms with Gasteiger partial charge in [0.15, 0.2) is 0 Å². The Kier molecular flexibility index (Phi) is 6.45. The largest absolute Gasteiger partial charge is 0.462 e. The predicted molar refractivity (Wildman–Crippen MR) is 95.8 cm³/mol. The summed E-state index contributed by atoms with van der Waals surface area (Å²) in [5.74, 6) is -0.363. The third-order valence-corrected chi connectivity index (χ3v) is 4.91. The highest BCUT2D eigenvalue weighted by Crippen LogP contribution is 2.34. The van der Waals surface area contributed by atoms with Gasteiger partial charge in [-0.1, -0.05) is 36.0 Å². The Bertz CT molecular complexity index is 763. The van der Waals surface area contributed by atoms with Gasteiger partial charge in [-0.15, -0.1) is 0 Å². The van der Waals surface area contributed by atoms with Crippen LogP contribution in [0.3, 0.4) is 0 Å². The van der Waals surface area contributed by atoms with Gasteiger partial charge >= 0.3 is 5.97 Å². The second-order valence-corrected chi connectivity index (χ2v) is 6.43. The van der Waals surface area contributed by atoms with E-state index in [1.54, 1.807) is 37.3 Å². The van der Waals surface area contributed by atoms with Gasteiger partial charge in [-0.05, 0) is 58.8 Å². The first-order valence-electron chi connectivity index (χ1n) is 6.95. The average Bonchev–Trinajstić information content (AvgIpc) is 2.57. The molecule has 0 saturated carbocycles. The first-order chi connectivity index (χ1) is 11.1. The van der Waals surface area contributed by atoms with Crippen LogP contribution in [-0.2, 0) is 9.53 Å². The quantitative estimate of drug-likeness (QED) is 0.410. The summed E-state index contributed by atoms with van der Waals surface area (Å²) in [5, 5.41) is 8.85. The highest BCUT2D eigenvalue weighted by atomic mass is 79.9. The molecule has 0 aliphatic carbocycles. The molecule has 0 bridgehead atoms. The first kappa shape index (κ1) is 17.3. The van der Waals surface area contributed by atoms with E-state index in [0.29, 0.717) is 17.1 Å². The summed E-state index contributed by atoms with van der Waals surface area (Å²) in [4.78, 5) is 13.6. The van der Waals surface area contributed by atoms with Crippen LogP contribution in [0.25, 0.3) is 6.08 Å². The Hall–Kier alpha value is -2.03. The molecule has 0 N–H and O–H groups in total. The molecule has 0 radical (unpaired) electrons. The fourth-order valence-corrected chi connectivity index (χ4v) is 3.20. The molecule has 2 aromatic rings. The number of thioether (sulfide) groups is 1. The van der Waals surface area contributed by atoms with Crippen LogP contribution < -0.4 is 0 Å². The van der Waals surface area contributed by atoms with Gasteiger partial charge in [-0.25, -0.2) is 4.79 Å². The molecule has 116 valence electrons. The number of rotatable bonds is 5. The Labute approximate surface area is 148 Å². The summed E-state index contributed by atoms with van der Waals surface area (Å²) in [6, 6.07) is 16.8. The van der Waals surface area contributed by atoms with E-state index < -0.39 is 0 Å². The number of carbonyl (C=O) groups excluding carboxylic acids is 1. The zero-order chi connectivity index (χ0) is 16.7. The molecule has 0 heterocycles. The van der Waals surface area contributed by atoms with Crippen LogP contribution >= 0.6 is 27.7 Å². The van der Waals surface area contributed by atoms with Crippen LogP contribution in [0, 0.1) is 11.3 Å². The standard InChI is InChI=1S/C18H14BrNO2S/c1-2-22-18(21)17(23-16-6-4-3-5-15(16)19)11-13-7-9-14(12-20)10-8-13/h3-11H,2H2,1H3/b17-11-. The topological polar surface area (TPSA) is 50.1 Å². The maximum atomic E-state index is 12.2. The lowest BCUT2D eigenvalue weighted by Gasteiger charge is -2.08. The summed E-state index contributed by atoms with van der Waals surface area (Å²) in [6.45, 7) is 2.10. The van der Waals surface area contributed by atoms with Crippen LogP contribution in [0.4, 0.5) is 0 Å². The molecule has 3 nitrogen and oxygen atoms in total. The molecular formula is C18H14BrNO2S. The van der Waals surface area contributed by atoms with Gasteiger partial charge in [0.2, 0.25) is 0 Å². The molecule has 5 heteroatoms. The molecule has 0 aliphatic heterocycles. The minimum atomic E-state index is -0.363. The molecule has 23 heavy (non-hydrogen) atoms. The number of benzene rings is 2. The third kappa shape index (κ3) is 4.98. The van der Waals surface area contributed by atoms with E-state index in [-0.39, 0.29) is 5.97 Å². The van der Waals surface area contributed by atoms with Crippen molar-refractivity contribution in [3.8, 4) is 6.07 Å². The Morgan fingerprint density at radius 3 is 2.57 bits per heavy atom. The van der Waals surface area contributed by atoms with E-state index in [1.165, 1.54) is 11.8 Å². The van der Waals surface area contributed by atoms with Gasteiger partial charge in [0, 0.05) is 9.37 Å². The van der Waals surface area contributed by atoms with Crippen LogP contribution in [0.5, 0.6) is 0 Å². The van der Waals surface area contributed by atoms with Crippen molar-refractivity contribution in [1.29, 1.82) is 5.26 Å². The molecule has 2 rings (SSSR count). The molecule has 0 spiro atoms. The maximum Gasteiger partial charge on any atom is 0.344 e. The molecule has 0 aromatic heterocycles. The molecular weight excluding hydrogens is 374 g/mol. The molecule has 0 unspecified atom stereocenters. The Balaban J connectivity index is 2.33. The lowest BCUT2D eigenvalue weighted by atomic mass is 10.1. The zero-order valence-electron chi connectivity index (χ0n) is 12.5. The van der Waals surface area contributed by atoms with Gasteiger partial charge < -0.3 is 4.74 Å². The summed E-state index contributed by atoms with van der Waals surface area (Å²) >= 11 is 4.82. The second-order valence-electron chi connectivity index (χ2n) is 4.50. The minimum absolute atomic E-state index is 0.320. The number of nitrogens with zero attached hydrogens (tertiary/aromatic N) is 1. The first-order valence-corrected chi connectivity index (χ1v) is 8.56. The number of hydrogen-bond donors (Lipinski definition) is 0. The molecule has 0 fully saturated rings. The second kappa shape index (κ2) is 8.56. The molecule has 0 amide bonds. The van der Waals surface area contributed by atoms with E-state index in [9.17, 15) is 4.79 Å². The normalized spacial score (nSPS) is 10.9. The van der Waals surface area contributed by atoms with E-state index >= 15 is 0 Å². The number of nitriles is 1. The number of esters is 1. The summed E-state index contributed by atoms with van der Waals surface area (Å²) in [6.07, 6.45) is 1.77. The van der Waals surface area contributed by atoms with Crippen LogP contribution in [0.1, 0.15) is 18.1 Å². The molecule has 2 aromatic carbocycles. The average molecular weight is 388 g/mol. The minimum Gasteiger partial charge on any atom is -0.462 e. The van der Waals surface area contributed by atoms with Crippen molar-refractivity contribution in [3.05, 3.63) is 69.0 Å². The number of hydrogen-bond acceptors (Lipinski definition) is 4. The fraction of sp³-hybridized carbons (Fsp3) is 0.111. The van der Waals surface area contributed by atoms with E-state index in [0.717, 1.165) is 14.9 Å². The smallest absolute Gasteiger partial charge is 0.344 e. The van der Waals surface area contributed by atoms with Crippen LogP contribution in [0.15, 0.2) is 62.8 Å². The van der Waals surface area contributed by atoms with E-state index in [4.69, 9.17) is 10.00 Å². The van der Waals surface area contributed by atoms with Crippen LogP contribution in [0.2, 0.25) is 0 Å². The van der Waals surface area contributed by atoms with Crippen molar-refractivity contribution in [2.24, 2.45) is 0 Å². The van der Waals surface area contributed by atoms with Crippen molar-refractivity contribution in [3.63, 3.8) is 0 Å². The lowest BCUT2D eigenvalue weighted by Crippen LogP contribution is -2.05. The van der Waals surface area contributed by atoms with E-state index in [2.05, 4.69) is 22.0 Å². The summed E-state index contributed by atoms with van der Waals surface area (Å²) in [5.41, 5.74) is 1.42. The van der Waals surface area contributed by atoms with Crippen molar-refractivity contribution >= 4 is 39.7 Å². The molecule has 0 aliphatic rings. The fourth-order valence-electron chi connectivity index (χ4n) is 1.78. The lowest BCUT2D eigenvalue weighted by molar-refractivity contribution is -0.137. The highest BCUT2D eigenvalue weighted by molar-refractivity contribution is 9.10. The van der Waals surface area contributed by atoms with Gasteiger partial charge in [0.25, 0.3) is 0 Å². The van der Waals surface area contributed by atoms with Crippen molar-refractivity contribution < 1.29 is 9.53 Å². The number of carbonyl (C=O) groups is 1. The number of halogens is 1. The predicted octanol–water partition coefficient (Wildman–Crippen LogP) is 5.02.